The van der Waals surface area contributed by atoms with Gasteiger partial charge in [-0.3, -0.25) is 0 Å². The number of β-amino-alcohol motifs (C(OH)–C–C–N with tert-alkyl or cyclic N) is 1. The number of carbonyl (C=O) groups is 1. The highest BCUT2D eigenvalue weighted by molar-refractivity contribution is 7.89. The molecule has 0 aliphatic carbocycles. The number of aliphatic hydroxyl groups is 1. The molecule has 110 valence electrons. The number of sulfonamides is 1. The molecule has 0 aromatic heterocycles. The van der Waals surface area contributed by atoms with Crippen molar-refractivity contribution in [3.63, 3.8) is 0 Å². The molecule has 0 saturated carbocycles. The first-order valence-corrected chi connectivity index (χ1v) is 7.71. The first-order chi connectivity index (χ1) is 9.13. The van der Waals surface area contributed by atoms with Gasteiger partial charge >= 0.3 is 5.97 Å². The van der Waals surface area contributed by atoms with E-state index in [1.54, 1.807) is 6.92 Å². The van der Waals surface area contributed by atoms with Crippen LogP contribution < -0.4 is 0 Å². The van der Waals surface area contributed by atoms with Crippen LogP contribution >= 0.6 is 11.6 Å². The third kappa shape index (κ3) is 2.80. The Morgan fingerprint density at radius 2 is 2.10 bits per heavy atom. The number of halogens is 1. The van der Waals surface area contributed by atoms with Crippen molar-refractivity contribution >= 4 is 27.6 Å². The highest BCUT2D eigenvalue weighted by Crippen LogP contribution is 2.30. The van der Waals surface area contributed by atoms with Gasteiger partial charge in [-0.15, -0.1) is 0 Å². The zero-order valence-electron chi connectivity index (χ0n) is 10.7. The quantitative estimate of drug-likeness (QED) is 0.872. The van der Waals surface area contributed by atoms with Crippen LogP contribution in [0.2, 0.25) is 5.02 Å². The van der Waals surface area contributed by atoms with Crippen molar-refractivity contribution < 1.29 is 23.4 Å². The summed E-state index contributed by atoms with van der Waals surface area (Å²) < 4.78 is 26.0. The third-order valence-electron chi connectivity index (χ3n) is 3.21. The van der Waals surface area contributed by atoms with E-state index in [0.29, 0.717) is 6.42 Å². The number of carboxylic acid groups (broad SMARTS) is 1. The smallest absolute Gasteiger partial charge is 0.335 e. The average Bonchev–Trinajstić information content (AvgIpc) is 2.70. The summed E-state index contributed by atoms with van der Waals surface area (Å²) in [6.45, 7) is 1.68. The topological polar surface area (TPSA) is 94.9 Å². The zero-order chi connectivity index (χ0) is 15.1. The molecule has 6 nitrogen and oxygen atoms in total. The fraction of sp³-hybridized carbons (Fsp3) is 0.417. The molecule has 1 unspecified atom stereocenters. The molecule has 1 fully saturated rings. The standard InChI is InChI=1S/C12H14ClNO5S/c1-12(17)4-5-14(7-12)20(18,19)10-6-8(11(15)16)2-3-9(10)13/h2-3,6,17H,4-5,7H2,1H3,(H,15,16). The molecule has 1 aromatic carbocycles. The van der Waals surface area contributed by atoms with Crippen molar-refractivity contribution in [3.8, 4) is 0 Å². The van der Waals surface area contributed by atoms with E-state index in [1.165, 1.54) is 12.1 Å². The Hall–Kier alpha value is -1.15. The van der Waals surface area contributed by atoms with Gasteiger partial charge in [0, 0.05) is 13.1 Å². The van der Waals surface area contributed by atoms with Crippen molar-refractivity contribution in [2.24, 2.45) is 0 Å². The van der Waals surface area contributed by atoms with Crippen molar-refractivity contribution in [1.29, 1.82) is 0 Å². The van der Waals surface area contributed by atoms with Crippen LogP contribution in [-0.2, 0) is 10.0 Å². The first-order valence-electron chi connectivity index (χ1n) is 5.89. The minimum absolute atomic E-state index is 0.0387. The summed E-state index contributed by atoms with van der Waals surface area (Å²) in [7, 11) is -3.92. The lowest BCUT2D eigenvalue weighted by atomic mass is 10.1. The molecule has 1 aromatic rings. The Bertz CT molecular complexity index is 656. The molecule has 1 saturated heterocycles. The lowest BCUT2D eigenvalue weighted by Crippen LogP contribution is -2.34. The summed E-state index contributed by atoms with van der Waals surface area (Å²) >= 11 is 5.87. The third-order valence-corrected chi connectivity index (χ3v) is 5.54. The van der Waals surface area contributed by atoms with Crippen LogP contribution in [0, 0.1) is 0 Å². The maximum atomic E-state index is 12.5. The largest absolute Gasteiger partial charge is 0.478 e. The molecule has 1 aliphatic rings. The predicted molar refractivity (Wildman–Crippen MR) is 72.4 cm³/mol. The SMILES string of the molecule is CC1(O)CCN(S(=O)(=O)c2cc(C(=O)O)ccc2Cl)C1. The number of hydrogen-bond acceptors (Lipinski definition) is 4. The van der Waals surface area contributed by atoms with Gasteiger partial charge in [0.1, 0.15) is 4.90 Å². The summed E-state index contributed by atoms with van der Waals surface area (Å²) in [4.78, 5) is 10.7. The Labute approximate surface area is 121 Å². The van der Waals surface area contributed by atoms with Crippen LogP contribution in [0.15, 0.2) is 23.1 Å². The second-order valence-electron chi connectivity index (χ2n) is 5.04. The Morgan fingerprint density at radius 3 is 2.60 bits per heavy atom. The molecule has 1 heterocycles. The van der Waals surface area contributed by atoms with Crippen molar-refractivity contribution in [1.82, 2.24) is 4.31 Å². The fourth-order valence-corrected chi connectivity index (χ4v) is 4.14. The van der Waals surface area contributed by atoms with Gasteiger partial charge in [0.15, 0.2) is 0 Å². The van der Waals surface area contributed by atoms with Gasteiger partial charge in [-0.25, -0.2) is 13.2 Å². The van der Waals surface area contributed by atoms with E-state index in [4.69, 9.17) is 16.7 Å². The Morgan fingerprint density at radius 1 is 1.45 bits per heavy atom. The molecule has 1 aliphatic heterocycles. The summed E-state index contributed by atoms with van der Waals surface area (Å²) in [6.07, 6.45) is 0.322. The van der Waals surface area contributed by atoms with Gasteiger partial charge in [-0.1, -0.05) is 11.6 Å². The van der Waals surface area contributed by atoms with Gasteiger partial charge in [0.2, 0.25) is 10.0 Å². The van der Waals surface area contributed by atoms with Crippen LogP contribution in [-0.4, -0.2) is 47.6 Å². The lowest BCUT2D eigenvalue weighted by Gasteiger charge is -2.19. The van der Waals surface area contributed by atoms with Gasteiger partial charge in [-0.2, -0.15) is 4.31 Å². The molecular formula is C12H14ClNO5S. The molecule has 0 radical (unpaired) electrons. The molecule has 0 spiro atoms. The molecule has 2 N–H and O–H groups in total. The Kier molecular flexibility index (Phi) is 3.81. The number of aromatic carboxylic acids is 1. The van der Waals surface area contributed by atoms with Gasteiger partial charge in [0.25, 0.3) is 0 Å². The van der Waals surface area contributed by atoms with Crippen LogP contribution in [0.3, 0.4) is 0 Å². The summed E-state index contributed by atoms with van der Waals surface area (Å²) in [6, 6.07) is 3.52. The van der Waals surface area contributed by atoms with Gasteiger partial charge in [-0.05, 0) is 31.5 Å². The number of carboxylic acids is 1. The van der Waals surface area contributed by atoms with Gasteiger partial charge < -0.3 is 10.2 Å². The number of benzene rings is 1. The number of rotatable bonds is 3. The fourth-order valence-electron chi connectivity index (χ4n) is 2.08. The van der Waals surface area contributed by atoms with E-state index in [0.717, 1.165) is 10.4 Å². The lowest BCUT2D eigenvalue weighted by molar-refractivity contribution is 0.0695. The van der Waals surface area contributed by atoms with E-state index >= 15 is 0 Å². The molecule has 0 amide bonds. The maximum absolute atomic E-state index is 12.5. The van der Waals surface area contributed by atoms with Crippen LogP contribution in [0.1, 0.15) is 23.7 Å². The van der Waals surface area contributed by atoms with E-state index in [2.05, 4.69) is 0 Å². The molecule has 8 heteroatoms. The molecular weight excluding hydrogens is 306 g/mol. The second kappa shape index (κ2) is 5.00. The van der Waals surface area contributed by atoms with E-state index in [1.807, 2.05) is 0 Å². The van der Waals surface area contributed by atoms with Crippen LogP contribution in [0.25, 0.3) is 0 Å². The van der Waals surface area contributed by atoms with E-state index in [-0.39, 0.29) is 28.6 Å². The summed E-state index contributed by atoms with van der Waals surface area (Å²) in [5, 5.41) is 18.7. The molecule has 20 heavy (non-hydrogen) atoms. The Balaban J connectivity index is 2.45. The van der Waals surface area contributed by atoms with Crippen molar-refractivity contribution in [2.45, 2.75) is 23.8 Å². The van der Waals surface area contributed by atoms with E-state index < -0.39 is 21.6 Å². The minimum Gasteiger partial charge on any atom is -0.478 e. The average molecular weight is 320 g/mol. The first kappa shape index (κ1) is 15.2. The maximum Gasteiger partial charge on any atom is 0.335 e. The molecule has 0 bridgehead atoms. The predicted octanol–water partition coefficient (Wildman–Crippen LogP) is 1.18. The summed E-state index contributed by atoms with van der Waals surface area (Å²) in [5.74, 6) is -1.23. The zero-order valence-corrected chi connectivity index (χ0v) is 12.3. The highest BCUT2D eigenvalue weighted by Gasteiger charge is 2.39. The number of hydrogen-bond donors (Lipinski definition) is 2. The van der Waals surface area contributed by atoms with Crippen molar-refractivity contribution in [2.75, 3.05) is 13.1 Å². The number of nitrogens with zero attached hydrogens (tertiary/aromatic N) is 1. The van der Waals surface area contributed by atoms with Gasteiger partial charge in [0.05, 0.1) is 16.2 Å². The molecule has 2 rings (SSSR count). The van der Waals surface area contributed by atoms with Crippen LogP contribution in [0.4, 0.5) is 0 Å². The monoisotopic (exact) mass is 319 g/mol. The van der Waals surface area contributed by atoms with Crippen LogP contribution in [0.5, 0.6) is 0 Å². The van der Waals surface area contributed by atoms with Crippen molar-refractivity contribution in [3.05, 3.63) is 28.8 Å². The van der Waals surface area contributed by atoms with E-state index in [9.17, 15) is 18.3 Å². The normalized spacial score (nSPS) is 23.9. The molecule has 1 atom stereocenters. The summed E-state index contributed by atoms with van der Waals surface area (Å²) in [5.41, 5.74) is -1.23. The second-order valence-corrected chi connectivity index (χ2v) is 7.35. The minimum atomic E-state index is -3.92. The highest BCUT2D eigenvalue weighted by atomic mass is 35.5.